The summed E-state index contributed by atoms with van der Waals surface area (Å²) in [5.41, 5.74) is 5.16. The monoisotopic (exact) mass is 317 g/mol. The van der Waals surface area contributed by atoms with Gasteiger partial charge in [-0.1, -0.05) is 31.9 Å². The van der Waals surface area contributed by atoms with Crippen LogP contribution in [0.25, 0.3) is 0 Å². The number of carbonyl (C=O) groups excluding carboxylic acids is 1. The predicted molar refractivity (Wildman–Crippen MR) is 87.2 cm³/mol. The molecule has 124 valence electrons. The molecule has 0 spiro atoms. The van der Waals surface area contributed by atoms with E-state index in [0.717, 1.165) is 6.42 Å². The number of ether oxygens (including phenoxy) is 1. The minimum Gasteiger partial charge on any atom is -0.465 e. The van der Waals surface area contributed by atoms with Crippen molar-refractivity contribution in [2.24, 2.45) is 17.8 Å². The number of allylic oxidation sites excluding steroid dienone is 2. The van der Waals surface area contributed by atoms with Gasteiger partial charge in [0, 0.05) is 12.0 Å². The highest BCUT2D eigenvalue weighted by Crippen LogP contribution is 2.47. The van der Waals surface area contributed by atoms with Crippen molar-refractivity contribution in [1.82, 2.24) is 0 Å². The first-order valence-electron chi connectivity index (χ1n) is 8.23. The third-order valence-corrected chi connectivity index (χ3v) is 5.28. The average Bonchev–Trinajstić information content (AvgIpc) is 2.53. The summed E-state index contributed by atoms with van der Waals surface area (Å²) in [6, 6.07) is 1.64. The fraction of sp³-hybridized carbons (Fsp3) is 0.556. The number of fused-ring (bicyclic) bond motifs is 1. The van der Waals surface area contributed by atoms with Crippen molar-refractivity contribution >= 4 is 11.7 Å². The van der Waals surface area contributed by atoms with Crippen LogP contribution in [0, 0.1) is 17.8 Å². The van der Waals surface area contributed by atoms with Crippen LogP contribution in [-0.2, 0) is 4.74 Å². The van der Waals surface area contributed by atoms with Crippen molar-refractivity contribution in [3.05, 3.63) is 40.0 Å². The van der Waals surface area contributed by atoms with Crippen LogP contribution in [0.3, 0.4) is 0 Å². The fourth-order valence-corrected chi connectivity index (χ4v) is 4.17. The van der Waals surface area contributed by atoms with Crippen LogP contribution in [-0.4, -0.2) is 13.1 Å². The first kappa shape index (κ1) is 15.8. The van der Waals surface area contributed by atoms with Crippen molar-refractivity contribution in [3.8, 4) is 0 Å². The second-order valence-corrected chi connectivity index (χ2v) is 6.64. The number of hydrogen-bond acceptors (Lipinski definition) is 5. The Labute approximate surface area is 135 Å². The summed E-state index contributed by atoms with van der Waals surface area (Å²) in [6.45, 7) is 2.14. The zero-order valence-corrected chi connectivity index (χ0v) is 13.6. The van der Waals surface area contributed by atoms with E-state index in [0.29, 0.717) is 17.6 Å². The zero-order chi connectivity index (χ0) is 16.6. The number of nitrogens with two attached hydrogens (primary N) is 1. The van der Waals surface area contributed by atoms with Crippen LogP contribution < -0.4 is 11.4 Å². The lowest BCUT2D eigenvalue weighted by Crippen LogP contribution is -2.32. The molecule has 0 radical (unpaired) electrons. The van der Waals surface area contributed by atoms with E-state index < -0.39 is 11.6 Å². The number of esters is 1. The number of anilines is 1. The van der Waals surface area contributed by atoms with Gasteiger partial charge in [-0.05, 0) is 30.6 Å². The van der Waals surface area contributed by atoms with Crippen molar-refractivity contribution in [1.29, 1.82) is 0 Å². The van der Waals surface area contributed by atoms with E-state index in [1.165, 1.54) is 26.4 Å². The minimum absolute atomic E-state index is 0.131. The first-order valence-corrected chi connectivity index (χ1v) is 8.23. The molecule has 2 N–H and O–H groups in total. The molecule has 1 saturated carbocycles. The lowest BCUT2D eigenvalue weighted by molar-refractivity contribution is 0.0596. The van der Waals surface area contributed by atoms with Crippen LogP contribution in [0.2, 0.25) is 0 Å². The molecule has 0 bridgehead atoms. The quantitative estimate of drug-likeness (QED) is 0.669. The summed E-state index contributed by atoms with van der Waals surface area (Å²) in [7, 11) is 1.22. The second-order valence-electron chi connectivity index (χ2n) is 6.64. The minimum atomic E-state index is -0.755. The molecule has 1 fully saturated rings. The highest BCUT2D eigenvalue weighted by molar-refractivity contribution is 5.94. The Morgan fingerprint density at radius 1 is 1.30 bits per heavy atom. The van der Waals surface area contributed by atoms with Crippen LogP contribution in [0.1, 0.15) is 54.6 Å². The van der Waals surface area contributed by atoms with Gasteiger partial charge in [-0.15, -0.1) is 0 Å². The van der Waals surface area contributed by atoms with E-state index in [9.17, 15) is 9.59 Å². The molecule has 0 amide bonds. The van der Waals surface area contributed by atoms with Crippen LogP contribution in [0.15, 0.2) is 27.4 Å². The van der Waals surface area contributed by atoms with Gasteiger partial charge in [0.1, 0.15) is 5.76 Å². The lowest BCUT2D eigenvalue weighted by Gasteiger charge is -2.40. The molecule has 4 unspecified atom stereocenters. The molecule has 0 aromatic carbocycles. The lowest BCUT2D eigenvalue weighted by atomic mass is 9.64. The van der Waals surface area contributed by atoms with Gasteiger partial charge in [0.25, 0.3) is 0 Å². The van der Waals surface area contributed by atoms with Crippen molar-refractivity contribution in [2.75, 3.05) is 12.8 Å². The summed E-state index contributed by atoms with van der Waals surface area (Å²) in [5.74, 6) is 1.25. The van der Waals surface area contributed by atoms with E-state index in [1.807, 2.05) is 0 Å². The average molecular weight is 317 g/mol. The Bertz CT molecular complexity index is 691. The third kappa shape index (κ3) is 2.80. The van der Waals surface area contributed by atoms with Crippen LogP contribution in [0.4, 0.5) is 5.69 Å². The molecule has 4 atom stereocenters. The molecule has 0 aliphatic heterocycles. The molecule has 5 nitrogen and oxygen atoms in total. The molecule has 1 heterocycles. The maximum atomic E-state index is 12.2. The summed E-state index contributed by atoms with van der Waals surface area (Å²) in [6.07, 6.45) is 9.30. The highest BCUT2D eigenvalue weighted by Gasteiger charge is 2.38. The van der Waals surface area contributed by atoms with Gasteiger partial charge in [-0.25, -0.2) is 9.59 Å². The van der Waals surface area contributed by atoms with E-state index in [2.05, 4.69) is 23.8 Å². The predicted octanol–water partition coefficient (Wildman–Crippen LogP) is 3.10. The summed E-state index contributed by atoms with van der Waals surface area (Å²) in [4.78, 5) is 23.9. The molecule has 2 aliphatic carbocycles. The summed E-state index contributed by atoms with van der Waals surface area (Å²) >= 11 is 0. The second kappa shape index (κ2) is 6.22. The fourth-order valence-electron chi connectivity index (χ4n) is 4.17. The van der Waals surface area contributed by atoms with Gasteiger partial charge in [0.05, 0.1) is 12.8 Å². The number of methoxy groups -OCH3 is 1. The smallest absolute Gasteiger partial charge is 0.352 e. The molecule has 1 aromatic heterocycles. The molecule has 1 aromatic rings. The molecule has 3 rings (SSSR count). The molecule has 0 saturated heterocycles. The van der Waals surface area contributed by atoms with Crippen LogP contribution in [0.5, 0.6) is 0 Å². The van der Waals surface area contributed by atoms with Gasteiger partial charge in [0.2, 0.25) is 0 Å². The van der Waals surface area contributed by atoms with Gasteiger partial charge in [0.15, 0.2) is 5.56 Å². The van der Waals surface area contributed by atoms with Crippen molar-refractivity contribution < 1.29 is 13.9 Å². The maximum absolute atomic E-state index is 12.2. The van der Waals surface area contributed by atoms with Crippen molar-refractivity contribution in [3.63, 3.8) is 0 Å². The number of carbonyl (C=O) groups is 1. The summed E-state index contributed by atoms with van der Waals surface area (Å²) < 4.78 is 10.1. The first-order chi connectivity index (χ1) is 11.0. The SMILES string of the molecule is COC(=O)c1c(N)cc(C2C(C)C=CC3CCCCC32)oc1=O. The van der Waals surface area contributed by atoms with E-state index in [1.54, 1.807) is 6.07 Å². The van der Waals surface area contributed by atoms with Crippen LogP contribution >= 0.6 is 0 Å². The number of rotatable bonds is 2. The topological polar surface area (TPSA) is 82.5 Å². The Morgan fingerprint density at radius 2 is 2.04 bits per heavy atom. The molecule has 5 heteroatoms. The molecular weight excluding hydrogens is 294 g/mol. The van der Waals surface area contributed by atoms with Gasteiger partial charge in [-0.3, -0.25) is 0 Å². The largest absolute Gasteiger partial charge is 0.465 e. The Kier molecular flexibility index (Phi) is 4.28. The third-order valence-electron chi connectivity index (χ3n) is 5.28. The van der Waals surface area contributed by atoms with Gasteiger partial charge >= 0.3 is 11.6 Å². The highest BCUT2D eigenvalue weighted by atomic mass is 16.5. The van der Waals surface area contributed by atoms with E-state index in [-0.39, 0.29) is 23.1 Å². The Morgan fingerprint density at radius 3 is 2.74 bits per heavy atom. The Balaban J connectivity index is 2.02. The van der Waals surface area contributed by atoms with E-state index in [4.69, 9.17) is 10.2 Å². The Hall–Kier alpha value is -2.04. The summed E-state index contributed by atoms with van der Waals surface area (Å²) in [5, 5.41) is 0. The zero-order valence-electron chi connectivity index (χ0n) is 13.6. The normalized spacial score (nSPS) is 29.8. The van der Waals surface area contributed by atoms with Crippen molar-refractivity contribution in [2.45, 2.75) is 38.5 Å². The van der Waals surface area contributed by atoms with Gasteiger partial charge < -0.3 is 14.9 Å². The number of hydrogen-bond donors (Lipinski definition) is 1. The van der Waals surface area contributed by atoms with E-state index >= 15 is 0 Å². The maximum Gasteiger partial charge on any atom is 0.352 e. The number of nitrogen functional groups attached to an aromatic ring is 1. The molecule has 2 aliphatic rings. The molecular formula is C18H23NO4. The molecule has 23 heavy (non-hydrogen) atoms. The van der Waals surface area contributed by atoms with Gasteiger partial charge in [-0.2, -0.15) is 0 Å². The standard InChI is InChI=1S/C18H23NO4/c1-10-7-8-11-5-3-4-6-12(11)15(10)14-9-13(19)16(17(20)22-2)18(21)23-14/h7-12,15H,3-6,19H2,1-2H3.